The topological polar surface area (TPSA) is 178 Å². The van der Waals surface area contributed by atoms with Crippen molar-refractivity contribution in [2.75, 3.05) is 20.8 Å². The normalized spacial score (nSPS) is 46.2. The van der Waals surface area contributed by atoms with Crippen LogP contribution in [0.1, 0.15) is 240 Å². The minimum Gasteiger partial charge on any atom is -0.468 e. The van der Waals surface area contributed by atoms with Crippen molar-refractivity contribution >= 4 is 35.4 Å². The molecule has 1 saturated heterocycles. The molecule has 0 bridgehead atoms. The maximum Gasteiger partial charge on any atom is 0.316 e. The Morgan fingerprint density at radius 1 is 0.558 bits per heavy atom. The van der Waals surface area contributed by atoms with Gasteiger partial charge in [0, 0.05) is 39.0 Å². The fourth-order valence-electron chi connectivity index (χ4n) is 24.4. The van der Waals surface area contributed by atoms with Crippen LogP contribution in [0.5, 0.6) is 0 Å². The molecule has 1 heterocycles. The number of hydrogen-bond donors (Lipinski definition) is 1. The van der Waals surface area contributed by atoms with Crippen LogP contribution in [0, 0.1) is 107 Å². The van der Waals surface area contributed by atoms with Crippen LogP contribution >= 0.6 is 0 Å². The molecule has 9 fully saturated rings. The minimum absolute atomic E-state index is 0.0334. The molecular weight excluding hydrogens is 1080 g/mol. The van der Waals surface area contributed by atoms with E-state index >= 15 is 0 Å². The van der Waals surface area contributed by atoms with E-state index in [-0.39, 0.29) is 140 Å². The lowest BCUT2D eigenvalue weighted by atomic mass is 9.33. The van der Waals surface area contributed by atoms with E-state index in [1.165, 1.54) is 40.1 Å². The summed E-state index contributed by atoms with van der Waals surface area (Å²) < 4.78 is 35.3. The van der Waals surface area contributed by atoms with Crippen molar-refractivity contribution in [3.8, 4) is 0 Å². The molecule has 0 spiro atoms. The van der Waals surface area contributed by atoms with Gasteiger partial charge in [0.1, 0.15) is 18.8 Å². The molecule has 8 saturated carbocycles. The van der Waals surface area contributed by atoms with Crippen molar-refractivity contribution in [3.63, 3.8) is 0 Å². The van der Waals surface area contributed by atoms with Gasteiger partial charge in [-0.1, -0.05) is 104 Å². The summed E-state index contributed by atoms with van der Waals surface area (Å²) in [6, 6.07) is 0. The van der Waals surface area contributed by atoms with E-state index in [0.29, 0.717) is 42.9 Å². The lowest BCUT2D eigenvalue weighted by molar-refractivity contribution is -0.294. The molecule has 13 heteroatoms. The Balaban J connectivity index is 0.000000204. The Labute approximate surface area is 516 Å². The van der Waals surface area contributed by atoms with Crippen LogP contribution in [0.15, 0.2) is 22.3 Å². The number of carbonyl (C=O) groups excluding carboxylic acids is 6. The van der Waals surface area contributed by atoms with Gasteiger partial charge in [-0.2, -0.15) is 0 Å². The molecule has 0 aromatic rings. The van der Waals surface area contributed by atoms with E-state index in [1.54, 1.807) is 0 Å². The van der Waals surface area contributed by atoms with Crippen molar-refractivity contribution in [2.24, 2.45) is 107 Å². The van der Waals surface area contributed by atoms with Gasteiger partial charge < -0.3 is 33.5 Å². The lowest BCUT2D eigenvalue weighted by Crippen LogP contribution is -2.66. The zero-order chi connectivity index (χ0) is 63.2. The van der Waals surface area contributed by atoms with Gasteiger partial charge in [-0.3, -0.25) is 28.8 Å². The van der Waals surface area contributed by atoms with Crippen molar-refractivity contribution in [3.05, 3.63) is 22.3 Å². The standard InChI is InChI=1S/C42H64O9.C31H48O4/c1-23(2)35-28(45)21-42(37(46)47-11)19-18-40(9)27(36(35)42)12-13-32-39(8)16-15-33(38(6,7)31(39)14-17-41(32,40)10)51-34-20-29(49-26(5)44)24(3)30(50-34)22-48-25(4)43;1-18(2)24-20(32)17-31(26(34)35-8)16-15-29(6)19(25(24)31)9-10-22-28(5)13-12-23(33)27(3,4)21(28)11-14-30(22,29)7/h23-24,27,29-34H,12-22H2,1-11H3;18-19,21-23,33H,9-17H2,1-8H3/t24?,27?,29?,30?,31?,32?,33-,34?,39-,40+,41+,42+;19?,21?,22?,23-,28-,29+,30+,31+/m00/s1. The average molecular weight is 1200 g/mol. The van der Waals surface area contributed by atoms with Crippen LogP contribution in [0.2, 0.25) is 0 Å². The maximum atomic E-state index is 13.7. The highest BCUT2D eigenvalue weighted by molar-refractivity contribution is 6.06. The second-order valence-corrected chi connectivity index (χ2v) is 33.6. The average Bonchev–Trinajstić information content (AvgIpc) is 1.32. The van der Waals surface area contributed by atoms with Gasteiger partial charge >= 0.3 is 23.9 Å². The van der Waals surface area contributed by atoms with Crippen molar-refractivity contribution in [1.29, 1.82) is 0 Å². The molecule has 11 rings (SSSR count). The summed E-state index contributed by atoms with van der Waals surface area (Å²) in [5.41, 5.74) is 2.97. The van der Waals surface area contributed by atoms with Crippen molar-refractivity contribution in [1.82, 2.24) is 0 Å². The Morgan fingerprint density at radius 3 is 1.44 bits per heavy atom. The Hall–Kier alpha value is -3.42. The quantitative estimate of drug-likeness (QED) is 0.131. The fraction of sp³-hybridized carbons (Fsp3) is 0.863. The molecule has 11 aliphatic rings. The number of aliphatic hydroxyl groups excluding tert-OH is 1. The highest BCUT2D eigenvalue weighted by Crippen LogP contribution is 2.79. The summed E-state index contributed by atoms with van der Waals surface area (Å²) in [7, 11) is 2.96. The van der Waals surface area contributed by atoms with Gasteiger partial charge in [0.15, 0.2) is 17.9 Å². The fourth-order valence-corrected chi connectivity index (χ4v) is 24.4. The molecule has 86 heavy (non-hydrogen) atoms. The number of carbonyl (C=O) groups is 6. The van der Waals surface area contributed by atoms with E-state index in [1.807, 2.05) is 6.92 Å². The number of methoxy groups -OCH3 is 2. The number of aliphatic hydroxyl groups is 1. The van der Waals surface area contributed by atoms with Crippen LogP contribution in [-0.2, 0) is 57.2 Å². The molecule has 13 nitrogen and oxygen atoms in total. The third-order valence-electron chi connectivity index (χ3n) is 28.9. The molecule has 1 aliphatic heterocycles. The summed E-state index contributed by atoms with van der Waals surface area (Å²) >= 11 is 0. The molecule has 10 unspecified atom stereocenters. The zero-order valence-electron chi connectivity index (χ0n) is 56.6. The third-order valence-corrected chi connectivity index (χ3v) is 28.9. The minimum atomic E-state index is -0.804. The summed E-state index contributed by atoms with van der Waals surface area (Å²) in [4.78, 5) is 77.7. The van der Waals surface area contributed by atoms with Crippen molar-refractivity contribution in [2.45, 2.75) is 270 Å². The second-order valence-electron chi connectivity index (χ2n) is 33.6. The van der Waals surface area contributed by atoms with Crippen LogP contribution in [-0.4, -0.2) is 92.1 Å². The van der Waals surface area contributed by atoms with E-state index in [0.717, 1.165) is 107 Å². The number of esters is 4. The first kappa shape index (κ1) is 65.5. The maximum absolute atomic E-state index is 13.7. The first-order valence-corrected chi connectivity index (χ1v) is 34.0. The zero-order valence-corrected chi connectivity index (χ0v) is 56.6. The number of fused-ring (bicyclic) bond motifs is 14. The summed E-state index contributed by atoms with van der Waals surface area (Å²) in [5, 5.41) is 10.9. The summed E-state index contributed by atoms with van der Waals surface area (Å²) in [6.07, 6.45) is 15.4. The summed E-state index contributed by atoms with van der Waals surface area (Å²) in [6.45, 7) is 37.8. The number of allylic oxidation sites excluding steroid dienone is 2. The van der Waals surface area contributed by atoms with Gasteiger partial charge in [0.2, 0.25) is 0 Å². The van der Waals surface area contributed by atoms with Gasteiger partial charge in [0.05, 0.1) is 37.3 Å². The predicted octanol–water partition coefficient (Wildman–Crippen LogP) is 14.3. The molecule has 0 radical (unpaired) electrons. The van der Waals surface area contributed by atoms with E-state index in [4.69, 9.17) is 28.4 Å². The molecule has 0 aromatic heterocycles. The van der Waals surface area contributed by atoms with Gasteiger partial charge in [-0.05, 0) is 216 Å². The summed E-state index contributed by atoms with van der Waals surface area (Å²) in [5.74, 6) is 1.80. The molecule has 482 valence electrons. The third kappa shape index (κ3) is 9.35. The van der Waals surface area contributed by atoms with Crippen LogP contribution < -0.4 is 0 Å². The van der Waals surface area contributed by atoms with Crippen LogP contribution in [0.4, 0.5) is 0 Å². The molecule has 20 atom stereocenters. The van der Waals surface area contributed by atoms with E-state index < -0.39 is 23.2 Å². The smallest absolute Gasteiger partial charge is 0.316 e. The number of rotatable bonds is 9. The Kier molecular flexibility index (Phi) is 16.9. The number of Topliss-reactive ketones (excluding diaryl/α,β-unsaturated/α-hetero) is 2. The Morgan fingerprint density at radius 2 is 1.01 bits per heavy atom. The SMILES string of the molecule is COC(=O)[C@@]12CC[C@]3(C)C(CCC4[C@@]5(C)CC[C@H](O)C(C)(C)C5CC[C@]43C)C1=C(C(C)C)C(=O)C2.COC(=O)[C@@]12CC[C@]3(C)C(CCC4[C@@]5(C)CC[C@H](OC6CC(OC(C)=O)C(C)C(COC(C)=O)O6)C(C)(C)C5CC[C@]43C)C1=C(C(C)C)C(=O)C2. The van der Waals surface area contributed by atoms with Crippen molar-refractivity contribution < 1.29 is 62.3 Å². The van der Waals surface area contributed by atoms with Gasteiger partial charge in [-0.25, -0.2) is 0 Å². The number of ether oxygens (including phenoxy) is 6. The monoisotopic (exact) mass is 1200 g/mol. The number of hydrogen-bond acceptors (Lipinski definition) is 13. The largest absolute Gasteiger partial charge is 0.468 e. The second kappa shape index (κ2) is 22.2. The van der Waals surface area contributed by atoms with Gasteiger partial charge in [0.25, 0.3) is 0 Å². The van der Waals surface area contributed by atoms with Gasteiger partial charge in [-0.15, -0.1) is 0 Å². The molecular formula is C73H112O13. The first-order valence-electron chi connectivity index (χ1n) is 34.0. The number of ketones is 2. The molecule has 0 aromatic carbocycles. The Bertz CT molecular complexity index is 2810. The highest BCUT2D eigenvalue weighted by Gasteiger charge is 2.73. The molecule has 1 N–H and O–H groups in total. The highest BCUT2D eigenvalue weighted by atomic mass is 16.7. The first-order chi connectivity index (χ1) is 40.0. The predicted molar refractivity (Wildman–Crippen MR) is 328 cm³/mol. The molecule has 0 amide bonds. The van der Waals surface area contributed by atoms with E-state index in [2.05, 4.69) is 96.9 Å². The molecule has 10 aliphatic carbocycles. The lowest BCUT2D eigenvalue weighted by Gasteiger charge is -2.72. The van der Waals surface area contributed by atoms with Crippen LogP contribution in [0.3, 0.4) is 0 Å². The van der Waals surface area contributed by atoms with E-state index in [9.17, 15) is 33.9 Å². The van der Waals surface area contributed by atoms with Crippen LogP contribution in [0.25, 0.3) is 0 Å².